The first-order chi connectivity index (χ1) is 3.70. The largest absolute Gasteiger partial charge is 0.375 e. The molecule has 0 saturated carbocycles. The Morgan fingerprint density at radius 3 is 3.00 bits per heavy atom. The molecule has 7 heavy (non-hydrogen) atoms. The van der Waals surface area contributed by atoms with E-state index in [-0.39, 0.29) is 0 Å². The summed E-state index contributed by atoms with van der Waals surface area (Å²) in [6, 6.07) is 0. The minimum absolute atomic E-state index is 0.377. The number of hydrogen-bond donors (Lipinski definition) is 1. The third kappa shape index (κ3) is 1.14. The molecule has 2 N–H and O–H groups in total. The van der Waals surface area contributed by atoms with Crippen molar-refractivity contribution in [2.75, 3.05) is 5.73 Å². The van der Waals surface area contributed by atoms with Crippen LogP contribution in [0, 0.1) is 0 Å². The summed E-state index contributed by atoms with van der Waals surface area (Å²) >= 11 is 4.20. The van der Waals surface area contributed by atoms with Crippen molar-refractivity contribution in [1.29, 1.82) is 0 Å². The van der Waals surface area contributed by atoms with Gasteiger partial charge in [-0.3, -0.25) is 0 Å². The summed E-state index contributed by atoms with van der Waals surface area (Å²) in [6.45, 7) is 0. The second kappa shape index (κ2) is 1.79. The van der Waals surface area contributed by atoms with Crippen molar-refractivity contribution in [3.8, 4) is 0 Å². The van der Waals surface area contributed by atoms with E-state index in [1.54, 1.807) is 0 Å². The molecular weight excluding hydrogens is 176 g/mol. The van der Waals surface area contributed by atoms with Crippen LogP contribution >= 0.6 is 27.3 Å². The molecule has 0 aliphatic heterocycles. The van der Waals surface area contributed by atoms with Crippen molar-refractivity contribution in [1.82, 2.24) is 4.98 Å². The van der Waals surface area contributed by atoms with Crippen molar-refractivity contribution in [3.05, 3.63) is 9.96 Å². The standard InChI is InChI=1S/C3H3BrN2S/c4-2-1-7-3(5)6-2/h1H,(H2,5,6)/i1D. The molecule has 0 fully saturated rings. The summed E-state index contributed by atoms with van der Waals surface area (Å²) in [5.74, 6) is 0. The van der Waals surface area contributed by atoms with Crippen LogP contribution in [0.4, 0.5) is 5.13 Å². The number of nitrogens with two attached hydrogens (primary N) is 1. The number of nitrogen functional groups attached to an aromatic ring is 1. The van der Waals surface area contributed by atoms with Gasteiger partial charge < -0.3 is 5.73 Å². The van der Waals surface area contributed by atoms with Gasteiger partial charge in [-0.2, -0.15) is 0 Å². The van der Waals surface area contributed by atoms with E-state index in [2.05, 4.69) is 20.9 Å². The third-order valence-corrected chi connectivity index (χ3v) is 1.68. The minimum Gasteiger partial charge on any atom is -0.375 e. The molecule has 4 heteroatoms. The molecule has 0 aliphatic rings. The molecule has 0 bridgehead atoms. The van der Waals surface area contributed by atoms with Gasteiger partial charge in [0.25, 0.3) is 0 Å². The van der Waals surface area contributed by atoms with E-state index in [1.807, 2.05) is 0 Å². The van der Waals surface area contributed by atoms with Gasteiger partial charge >= 0.3 is 0 Å². The predicted octanol–water partition coefficient (Wildman–Crippen LogP) is 1.49. The highest BCUT2D eigenvalue weighted by atomic mass is 79.9. The fourth-order valence-corrected chi connectivity index (χ4v) is 1.16. The van der Waals surface area contributed by atoms with Crippen molar-refractivity contribution >= 4 is 32.4 Å². The number of rotatable bonds is 0. The summed E-state index contributed by atoms with van der Waals surface area (Å²) in [6.07, 6.45) is 0. The number of halogens is 1. The second-order valence-electron chi connectivity index (χ2n) is 0.945. The van der Waals surface area contributed by atoms with Gasteiger partial charge in [0.15, 0.2) is 5.13 Å². The average Bonchev–Trinajstić information content (AvgIpc) is 1.85. The maximum Gasteiger partial charge on any atom is 0.181 e. The first kappa shape index (κ1) is 3.86. The summed E-state index contributed by atoms with van der Waals surface area (Å²) in [4.78, 5) is 3.74. The second-order valence-corrected chi connectivity index (χ2v) is 2.52. The number of nitrogens with zero attached hydrogens (tertiary/aromatic N) is 1. The number of hydrogen-bond acceptors (Lipinski definition) is 3. The maximum absolute atomic E-state index is 7.07. The zero-order valence-electron chi connectivity index (χ0n) is 4.31. The Labute approximate surface area is 54.9 Å². The highest BCUT2D eigenvalue weighted by Gasteiger charge is 1.88. The van der Waals surface area contributed by atoms with Crippen LogP contribution < -0.4 is 5.73 Å². The number of aromatic nitrogens is 1. The van der Waals surface area contributed by atoms with Crippen molar-refractivity contribution in [2.45, 2.75) is 0 Å². The first-order valence-corrected chi connectivity index (χ1v) is 3.19. The van der Waals surface area contributed by atoms with Gasteiger partial charge in [0.1, 0.15) is 4.60 Å². The van der Waals surface area contributed by atoms with Crippen molar-refractivity contribution in [2.24, 2.45) is 0 Å². The van der Waals surface area contributed by atoms with Crippen LogP contribution in [-0.4, -0.2) is 4.98 Å². The molecule has 0 amide bonds. The Kier molecular flexibility index (Phi) is 0.989. The molecule has 0 unspecified atom stereocenters. The molecule has 0 saturated heterocycles. The van der Waals surface area contributed by atoms with Crippen LogP contribution in [0.15, 0.2) is 9.96 Å². The highest BCUT2D eigenvalue weighted by molar-refractivity contribution is 9.10. The molecule has 1 rings (SSSR count). The topological polar surface area (TPSA) is 38.9 Å². The first-order valence-electron chi connectivity index (χ1n) is 2.08. The normalized spacial score (nSPS) is 11.3. The Morgan fingerprint density at radius 1 is 2.14 bits per heavy atom. The highest BCUT2D eigenvalue weighted by Crippen LogP contribution is 2.15. The third-order valence-electron chi connectivity index (χ3n) is 0.448. The molecule has 0 spiro atoms. The Balaban J connectivity index is 3.14. The van der Waals surface area contributed by atoms with E-state index in [4.69, 9.17) is 7.10 Å². The molecule has 2 nitrogen and oxygen atoms in total. The van der Waals surface area contributed by atoms with E-state index in [0.717, 1.165) is 11.3 Å². The molecule has 1 heterocycles. The molecule has 0 aromatic carbocycles. The van der Waals surface area contributed by atoms with Crippen molar-refractivity contribution < 1.29 is 1.37 Å². The summed E-state index contributed by atoms with van der Waals surface area (Å²) < 4.78 is 7.60. The van der Waals surface area contributed by atoms with E-state index in [1.165, 1.54) is 0 Å². The molecule has 0 aliphatic carbocycles. The van der Waals surface area contributed by atoms with Crippen LogP contribution in [0.5, 0.6) is 0 Å². The van der Waals surface area contributed by atoms with E-state index < -0.39 is 0 Å². The van der Waals surface area contributed by atoms with Gasteiger partial charge in [0.05, 0.1) is 1.37 Å². The quantitative estimate of drug-likeness (QED) is 0.656. The minimum atomic E-state index is 0.377. The van der Waals surface area contributed by atoms with Gasteiger partial charge in [0, 0.05) is 5.36 Å². The summed E-state index contributed by atoms with van der Waals surface area (Å²) in [5, 5.41) is 0.810. The van der Waals surface area contributed by atoms with E-state index in [0.29, 0.717) is 15.1 Å². The molecule has 0 atom stereocenters. The van der Waals surface area contributed by atoms with Crippen molar-refractivity contribution in [3.63, 3.8) is 0 Å². The van der Waals surface area contributed by atoms with Gasteiger partial charge in [-0.05, 0) is 15.9 Å². The zero-order valence-corrected chi connectivity index (χ0v) is 5.71. The zero-order chi connectivity index (χ0) is 6.15. The van der Waals surface area contributed by atoms with Crippen LogP contribution in [0.25, 0.3) is 0 Å². The fraction of sp³-hybridized carbons (Fsp3) is 0. The molecule has 1 aromatic heterocycles. The Morgan fingerprint density at radius 2 is 2.86 bits per heavy atom. The van der Waals surface area contributed by atoms with Gasteiger partial charge in [-0.15, -0.1) is 11.3 Å². The van der Waals surface area contributed by atoms with Gasteiger partial charge in [-0.1, -0.05) is 0 Å². The van der Waals surface area contributed by atoms with E-state index in [9.17, 15) is 0 Å². The lowest BCUT2D eigenvalue weighted by atomic mass is 11.0. The number of anilines is 1. The summed E-state index contributed by atoms with van der Waals surface area (Å²) in [7, 11) is 0. The Bertz CT molecular complexity index is 180. The number of thiazole rings is 1. The average molecular weight is 180 g/mol. The van der Waals surface area contributed by atoms with Crippen LogP contribution in [0.2, 0.25) is 0 Å². The maximum atomic E-state index is 7.07. The predicted molar refractivity (Wildman–Crippen MR) is 34.2 cm³/mol. The molecule has 0 radical (unpaired) electrons. The van der Waals surface area contributed by atoms with Gasteiger partial charge in [0.2, 0.25) is 0 Å². The van der Waals surface area contributed by atoms with Crippen LogP contribution in [0.3, 0.4) is 0 Å². The smallest absolute Gasteiger partial charge is 0.181 e. The lowest BCUT2D eigenvalue weighted by molar-refractivity contribution is 1.37. The lowest BCUT2D eigenvalue weighted by Crippen LogP contribution is -1.78. The SMILES string of the molecule is [2H]c1sc(N)nc1Br. The monoisotopic (exact) mass is 179 g/mol. The van der Waals surface area contributed by atoms with Gasteiger partial charge in [-0.25, -0.2) is 4.98 Å². The van der Waals surface area contributed by atoms with Crippen LogP contribution in [-0.2, 0) is 0 Å². The molecule has 1 aromatic rings. The summed E-state index contributed by atoms with van der Waals surface area (Å²) in [5.41, 5.74) is 5.24. The lowest BCUT2D eigenvalue weighted by Gasteiger charge is -1.70. The Hall–Kier alpha value is -0.0900. The van der Waals surface area contributed by atoms with Crippen LogP contribution in [0.1, 0.15) is 1.37 Å². The molecule has 38 valence electrons. The van der Waals surface area contributed by atoms with E-state index >= 15 is 0 Å². The fourth-order valence-electron chi connectivity index (χ4n) is 0.237. The molecular formula is C3H3BrN2S.